The summed E-state index contributed by atoms with van der Waals surface area (Å²) in [5, 5.41) is 9.16. The third-order valence-corrected chi connectivity index (χ3v) is 7.39. The molecule has 0 aromatic carbocycles. The first-order valence-corrected chi connectivity index (χ1v) is 12.4. The van der Waals surface area contributed by atoms with Crippen molar-refractivity contribution < 1.29 is 4.74 Å². The molecule has 2 unspecified atom stereocenters. The molecule has 3 heterocycles. The van der Waals surface area contributed by atoms with Gasteiger partial charge in [-0.25, -0.2) is 4.98 Å². The van der Waals surface area contributed by atoms with Crippen molar-refractivity contribution >= 4 is 41.3 Å². The van der Waals surface area contributed by atoms with E-state index in [0.29, 0.717) is 24.6 Å². The molecular weight excluding hydrogens is 533 g/mol. The molecule has 2 aromatic rings. The number of pyridine rings is 1. The van der Waals surface area contributed by atoms with Crippen molar-refractivity contribution in [2.45, 2.75) is 57.2 Å². The number of guanidine groups is 1. The van der Waals surface area contributed by atoms with E-state index in [9.17, 15) is 0 Å². The van der Waals surface area contributed by atoms with Crippen molar-refractivity contribution in [3.8, 4) is 5.88 Å². The van der Waals surface area contributed by atoms with Crippen molar-refractivity contribution in [1.29, 1.82) is 0 Å². The Balaban J connectivity index is 0.00000289. The molecule has 6 nitrogen and oxygen atoms in total. The number of nitrogens with one attached hydrogen (secondary N) is 2. The maximum absolute atomic E-state index is 5.96. The lowest BCUT2D eigenvalue weighted by molar-refractivity contribution is 0.125. The van der Waals surface area contributed by atoms with Gasteiger partial charge in [0.15, 0.2) is 5.96 Å². The molecule has 1 saturated heterocycles. The SMILES string of the molecule is CN=C(NCc1ccc(OC2CCCC2)nc1)NCC1CCCN(C)C1c1cccs1.I. The molecule has 176 valence electrons. The Labute approximate surface area is 213 Å². The van der Waals surface area contributed by atoms with E-state index in [2.05, 4.69) is 56.1 Å². The fraction of sp³-hybridized carbons (Fsp3) is 0.583. The molecule has 2 atom stereocenters. The molecule has 0 amide bonds. The summed E-state index contributed by atoms with van der Waals surface area (Å²) in [5.74, 6) is 2.15. The van der Waals surface area contributed by atoms with Gasteiger partial charge in [0.05, 0.1) is 0 Å². The van der Waals surface area contributed by atoms with Crippen molar-refractivity contribution in [3.05, 3.63) is 46.3 Å². The highest BCUT2D eigenvalue weighted by atomic mass is 127. The van der Waals surface area contributed by atoms with Crippen LogP contribution >= 0.6 is 35.3 Å². The number of aliphatic imine (C=N–C) groups is 1. The van der Waals surface area contributed by atoms with Gasteiger partial charge in [0.1, 0.15) is 6.10 Å². The van der Waals surface area contributed by atoms with Crippen LogP contribution in [0.15, 0.2) is 40.8 Å². The number of halogens is 1. The normalized spacial score (nSPS) is 22.4. The third-order valence-electron chi connectivity index (χ3n) is 6.44. The van der Waals surface area contributed by atoms with Crippen LogP contribution in [0.3, 0.4) is 0 Å². The Bertz CT molecular complexity index is 823. The molecule has 1 saturated carbocycles. The summed E-state index contributed by atoms with van der Waals surface area (Å²) in [5.41, 5.74) is 1.12. The molecule has 2 aliphatic rings. The number of hydrogen-bond acceptors (Lipinski definition) is 5. The van der Waals surface area contributed by atoms with Crippen LogP contribution in [-0.2, 0) is 6.54 Å². The van der Waals surface area contributed by atoms with Crippen LogP contribution in [-0.4, -0.2) is 49.1 Å². The smallest absolute Gasteiger partial charge is 0.213 e. The minimum absolute atomic E-state index is 0. The van der Waals surface area contributed by atoms with Crippen LogP contribution in [0, 0.1) is 5.92 Å². The maximum Gasteiger partial charge on any atom is 0.213 e. The van der Waals surface area contributed by atoms with Gasteiger partial charge in [-0.05, 0) is 75.0 Å². The fourth-order valence-corrected chi connectivity index (χ4v) is 5.76. The number of piperidine rings is 1. The predicted molar refractivity (Wildman–Crippen MR) is 143 cm³/mol. The van der Waals surface area contributed by atoms with Crippen molar-refractivity contribution in [2.75, 3.05) is 27.2 Å². The molecule has 2 fully saturated rings. The van der Waals surface area contributed by atoms with E-state index < -0.39 is 0 Å². The number of nitrogens with zero attached hydrogens (tertiary/aromatic N) is 3. The summed E-state index contributed by atoms with van der Waals surface area (Å²) in [4.78, 5) is 12.9. The lowest BCUT2D eigenvalue weighted by Gasteiger charge is -2.39. The van der Waals surface area contributed by atoms with Gasteiger partial charge in [0, 0.05) is 43.3 Å². The van der Waals surface area contributed by atoms with E-state index in [1.165, 1.54) is 37.1 Å². The Morgan fingerprint density at radius 2 is 2.03 bits per heavy atom. The summed E-state index contributed by atoms with van der Waals surface area (Å²) < 4.78 is 5.96. The number of likely N-dealkylation sites (tertiary alicyclic amines) is 1. The van der Waals surface area contributed by atoms with Gasteiger partial charge in [-0.2, -0.15) is 0 Å². The van der Waals surface area contributed by atoms with Gasteiger partial charge in [-0.15, -0.1) is 35.3 Å². The number of rotatable bonds is 7. The van der Waals surface area contributed by atoms with Gasteiger partial charge >= 0.3 is 0 Å². The van der Waals surface area contributed by atoms with Crippen molar-refractivity contribution in [1.82, 2.24) is 20.5 Å². The van der Waals surface area contributed by atoms with Crippen LogP contribution in [0.2, 0.25) is 0 Å². The molecule has 4 rings (SSSR count). The van der Waals surface area contributed by atoms with Gasteiger partial charge in [0.2, 0.25) is 5.88 Å². The largest absolute Gasteiger partial charge is 0.474 e. The monoisotopic (exact) mass is 569 g/mol. The van der Waals surface area contributed by atoms with Crippen molar-refractivity contribution in [3.63, 3.8) is 0 Å². The van der Waals surface area contributed by atoms with Crippen LogP contribution in [0.1, 0.15) is 55.0 Å². The molecule has 2 aromatic heterocycles. The molecular formula is C24H36IN5OS. The van der Waals surface area contributed by atoms with Crippen LogP contribution in [0.5, 0.6) is 5.88 Å². The van der Waals surface area contributed by atoms with Crippen LogP contribution in [0.25, 0.3) is 0 Å². The third kappa shape index (κ3) is 6.81. The van der Waals surface area contributed by atoms with Crippen molar-refractivity contribution in [2.24, 2.45) is 10.9 Å². The van der Waals surface area contributed by atoms with Gasteiger partial charge < -0.3 is 15.4 Å². The second-order valence-electron chi connectivity index (χ2n) is 8.68. The molecule has 32 heavy (non-hydrogen) atoms. The number of hydrogen-bond donors (Lipinski definition) is 2. The van der Waals surface area contributed by atoms with Gasteiger partial charge in [0.25, 0.3) is 0 Å². The summed E-state index contributed by atoms with van der Waals surface area (Å²) in [7, 11) is 4.08. The summed E-state index contributed by atoms with van der Waals surface area (Å²) >= 11 is 1.86. The summed E-state index contributed by atoms with van der Waals surface area (Å²) in [6, 6.07) is 8.97. The van der Waals surface area contributed by atoms with Gasteiger partial charge in [-0.1, -0.05) is 12.1 Å². The quantitative estimate of drug-likeness (QED) is 0.284. The molecule has 8 heteroatoms. The van der Waals surface area contributed by atoms with Crippen LogP contribution < -0.4 is 15.4 Å². The lowest BCUT2D eigenvalue weighted by atomic mass is 9.88. The standard InChI is InChI=1S/C24H35N5OS.HI/c1-25-24(27-16-18-11-12-22(26-15-18)30-20-8-3-4-9-20)28-17-19-7-5-13-29(2)23(19)21-10-6-14-31-21;/h6,10-12,14-15,19-20,23H,3-5,7-9,13,16-17H2,1-2H3,(H2,25,27,28);1H. The van der Waals surface area contributed by atoms with E-state index >= 15 is 0 Å². The molecule has 0 spiro atoms. The highest BCUT2D eigenvalue weighted by molar-refractivity contribution is 14.0. The minimum atomic E-state index is 0. The molecule has 1 aliphatic heterocycles. The fourth-order valence-electron chi connectivity index (χ4n) is 4.78. The Kier molecular flexibility index (Phi) is 10.1. The molecule has 0 radical (unpaired) electrons. The van der Waals surface area contributed by atoms with E-state index in [0.717, 1.165) is 36.8 Å². The molecule has 0 bridgehead atoms. The molecule has 1 aliphatic carbocycles. The Hall–Kier alpha value is -1.39. The van der Waals surface area contributed by atoms with E-state index in [1.807, 2.05) is 30.6 Å². The zero-order valence-corrected chi connectivity index (χ0v) is 22.3. The summed E-state index contributed by atoms with van der Waals surface area (Å²) in [6.07, 6.45) is 9.56. The predicted octanol–water partition coefficient (Wildman–Crippen LogP) is 4.83. The average Bonchev–Trinajstić information content (AvgIpc) is 3.49. The second kappa shape index (κ2) is 12.7. The highest BCUT2D eigenvalue weighted by Gasteiger charge is 2.31. The van der Waals surface area contributed by atoms with E-state index in [4.69, 9.17) is 4.74 Å². The Morgan fingerprint density at radius 3 is 2.72 bits per heavy atom. The topological polar surface area (TPSA) is 61.8 Å². The van der Waals surface area contributed by atoms with Gasteiger partial charge in [-0.3, -0.25) is 9.89 Å². The van der Waals surface area contributed by atoms with E-state index in [-0.39, 0.29) is 24.0 Å². The molecule has 2 N–H and O–H groups in total. The maximum atomic E-state index is 5.96. The number of ether oxygens (including phenoxy) is 1. The second-order valence-corrected chi connectivity index (χ2v) is 9.66. The number of aromatic nitrogens is 1. The first-order chi connectivity index (χ1) is 15.2. The number of thiophene rings is 1. The zero-order valence-electron chi connectivity index (χ0n) is 19.1. The summed E-state index contributed by atoms with van der Waals surface area (Å²) in [6.45, 7) is 2.77. The lowest BCUT2D eigenvalue weighted by Crippen LogP contribution is -2.44. The first kappa shape index (κ1) is 25.2. The Morgan fingerprint density at radius 1 is 1.19 bits per heavy atom. The minimum Gasteiger partial charge on any atom is -0.474 e. The van der Waals surface area contributed by atoms with Crippen LogP contribution in [0.4, 0.5) is 0 Å². The van der Waals surface area contributed by atoms with E-state index in [1.54, 1.807) is 0 Å². The highest BCUT2D eigenvalue weighted by Crippen LogP contribution is 2.36. The average molecular weight is 570 g/mol. The zero-order chi connectivity index (χ0) is 21.5. The first-order valence-electron chi connectivity index (χ1n) is 11.5.